The van der Waals surface area contributed by atoms with Gasteiger partial charge in [-0.1, -0.05) is 54.6 Å². The average Bonchev–Trinajstić information content (AvgIpc) is 2.59. The van der Waals surface area contributed by atoms with E-state index in [9.17, 15) is 0 Å². The number of aryl methyl sites for hydroxylation is 3. The SMILES string of the molecule is Cc1ccc(/C=N/C(c2ccccc2C)c2ccccc2C)nc1. The van der Waals surface area contributed by atoms with Gasteiger partial charge in [0, 0.05) is 12.4 Å². The topological polar surface area (TPSA) is 25.2 Å². The van der Waals surface area contributed by atoms with Crippen molar-refractivity contribution >= 4 is 6.21 Å². The molecule has 3 aromatic rings. The van der Waals surface area contributed by atoms with Crippen LogP contribution in [-0.4, -0.2) is 11.2 Å². The molecule has 0 amide bonds. The van der Waals surface area contributed by atoms with Gasteiger partial charge in [-0.3, -0.25) is 9.98 Å². The molecule has 0 aliphatic carbocycles. The molecule has 2 aromatic carbocycles. The van der Waals surface area contributed by atoms with Gasteiger partial charge in [0.2, 0.25) is 0 Å². The first-order valence-electron chi connectivity index (χ1n) is 8.22. The van der Waals surface area contributed by atoms with Gasteiger partial charge in [0.1, 0.15) is 6.04 Å². The van der Waals surface area contributed by atoms with Gasteiger partial charge in [-0.2, -0.15) is 0 Å². The van der Waals surface area contributed by atoms with E-state index >= 15 is 0 Å². The number of hydrogen-bond donors (Lipinski definition) is 0. The minimum atomic E-state index is -0.0181. The number of rotatable bonds is 4. The Bertz CT molecular complexity index is 802. The van der Waals surface area contributed by atoms with Gasteiger partial charge in [0.05, 0.1) is 5.69 Å². The molecule has 3 rings (SSSR count). The van der Waals surface area contributed by atoms with Crippen molar-refractivity contribution in [3.63, 3.8) is 0 Å². The lowest BCUT2D eigenvalue weighted by Crippen LogP contribution is -2.03. The highest BCUT2D eigenvalue weighted by Gasteiger charge is 2.16. The lowest BCUT2D eigenvalue weighted by atomic mass is 9.93. The lowest BCUT2D eigenvalue weighted by molar-refractivity contribution is 0.858. The maximum Gasteiger partial charge on any atom is 0.100 e. The van der Waals surface area contributed by atoms with Crippen LogP contribution >= 0.6 is 0 Å². The fourth-order valence-corrected chi connectivity index (χ4v) is 2.82. The van der Waals surface area contributed by atoms with Crippen LogP contribution in [-0.2, 0) is 0 Å². The molecule has 0 aliphatic rings. The molecule has 0 aliphatic heterocycles. The number of hydrogen-bond acceptors (Lipinski definition) is 2. The third-order valence-electron chi connectivity index (χ3n) is 4.26. The first-order chi connectivity index (χ1) is 11.6. The van der Waals surface area contributed by atoms with Gasteiger partial charge in [-0.05, 0) is 54.7 Å². The van der Waals surface area contributed by atoms with Crippen LogP contribution in [0.4, 0.5) is 0 Å². The number of aliphatic imine (C=N–C) groups is 1. The molecule has 1 heterocycles. The van der Waals surface area contributed by atoms with Gasteiger partial charge in [-0.25, -0.2) is 0 Å². The first-order valence-corrected chi connectivity index (χ1v) is 8.22. The minimum Gasteiger partial charge on any atom is -0.278 e. The Morgan fingerprint density at radius 2 is 1.38 bits per heavy atom. The van der Waals surface area contributed by atoms with Gasteiger partial charge >= 0.3 is 0 Å². The molecule has 0 N–H and O–H groups in total. The quantitative estimate of drug-likeness (QED) is 0.606. The second-order valence-electron chi connectivity index (χ2n) is 6.15. The molecule has 0 saturated heterocycles. The number of benzene rings is 2. The first kappa shape index (κ1) is 16.1. The summed E-state index contributed by atoms with van der Waals surface area (Å²) in [5.41, 5.74) is 7.00. The van der Waals surface area contributed by atoms with Crippen molar-refractivity contribution < 1.29 is 0 Å². The largest absolute Gasteiger partial charge is 0.278 e. The van der Waals surface area contributed by atoms with Crippen LogP contribution in [0.5, 0.6) is 0 Å². The molecule has 0 fully saturated rings. The van der Waals surface area contributed by atoms with Gasteiger partial charge in [-0.15, -0.1) is 0 Å². The zero-order valence-corrected chi connectivity index (χ0v) is 14.4. The van der Waals surface area contributed by atoms with E-state index in [0.717, 1.165) is 11.3 Å². The Balaban J connectivity index is 2.04. The smallest absolute Gasteiger partial charge is 0.100 e. The summed E-state index contributed by atoms with van der Waals surface area (Å²) in [4.78, 5) is 9.33. The zero-order chi connectivity index (χ0) is 16.9. The Labute approximate surface area is 143 Å². The van der Waals surface area contributed by atoms with E-state index in [2.05, 4.69) is 73.4 Å². The van der Waals surface area contributed by atoms with Crippen molar-refractivity contribution in [1.29, 1.82) is 0 Å². The van der Waals surface area contributed by atoms with Crippen LogP contribution in [0.3, 0.4) is 0 Å². The molecular formula is C22H22N2. The third-order valence-corrected chi connectivity index (χ3v) is 4.26. The van der Waals surface area contributed by atoms with E-state index in [1.807, 2.05) is 25.4 Å². The summed E-state index contributed by atoms with van der Waals surface area (Å²) in [5.74, 6) is 0. The molecule has 0 radical (unpaired) electrons. The highest BCUT2D eigenvalue weighted by Crippen LogP contribution is 2.30. The van der Waals surface area contributed by atoms with Crippen LogP contribution in [0.15, 0.2) is 71.9 Å². The summed E-state index contributed by atoms with van der Waals surface area (Å²) in [5, 5.41) is 0. The van der Waals surface area contributed by atoms with E-state index in [1.165, 1.54) is 22.3 Å². The molecule has 2 heteroatoms. The Kier molecular flexibility index (Phi) is 4.85. The summed E-state index contributed by atoms with van der Waals surface area (Å²) < 4.78 is 0. The van der Waals surface area contributed by atoms with E-state index in [-0.39, 0.29) is 6.04 Å². The van der Waals surface area contributed by atoms with E-state index < -0.39 is 0 Å². The molecule has 120 valence electrons. The van der Waals surface area contributed by atoms with Crippen molar-refractivity contribution in [3.05, 3.63) is 100 Å². The monoisotopic (exact) mass is 314 g/mol. The van der Waals surface area contributed by atoms with Crippen molar-refractivity contribution in [3.8, 4) is 0 Å². The fourth-order valence-electron chi connectivity index (χ4n) is 2.82. The van der Waals surface area contributed by atoms with Crippen LogP contribution < -0.4 is 0 Å². The van der Waals surface area contributed by atoms with E-state index in [4.69, 9.17) is 4.99 Å². The maximum atomic E-state index is 4.90. The van der Waals surface area contributed by atoms with Crippen LogP contribution in [0, 0.1) is 20.8 Å². The summed E-state index contributed by atoms with van der Waals surface area (Å²) >= 11 is 0. The second kappa shape index (κ2) is 7.22. The molecular weight excluding hydrogens is 292 g/mol. The molecule has 2 nitrogen and oxygen atoms in total. The van der Waals surface area contributed by atoms with Gasteiger partial charge in [0.15, 0.2) is 0 Å². The minimum absolute atomic E-state index is 0.0181. The Hall–Kier alpha value is -2.74. The fraction of sp³-hybridized carbons (Fsp3) is 0.182. The van der Waals surface area contributed by atoms with Crippen LogP contribution in [0.1, 0.15) is 39.6 Å². The molecule has 0 atom stereocenters. The molecule has 24 heavy (non-hydrogen) atoms. The highest BCUT2D eigenvalue weighted by molar-refractivity contribution is 5.77. The normalized spacial score (nSPS) is 11.3. The molecule has 0 saturated carbocycles. The van der Waals surface area contributed by atoms with Crippen molar-refractivity contribution in [2.24, 2.45) is 4.99 Å². The van der Waals surface area contributed by atoms with Gasteiger partial charge in [0.25, 0.3) is 0 Å². The number of aromatic nitrogens is 1. The van der Waals surface area contributed by atoms with Crippen LogP contribution in [0.2, 0.25) is 0 Å². The molecule has 1 aromatic heterocycles. The van der Waals surface area contributed by atoms with Crippen molar-refractivity contribution in [1.82, 2.24) is 4.98 Å². The third kappa shape index (κ3) is 3.60. The average molecular weight is 314 g/mol. The summed E-state index contributed by atoms with van der Waals surface area (Å²) in [6, 6.07) is 20.9. The Morgan fingerprint density at radius 1 is 0.792 bits per heavy atom. The summed E-state index contributed by atoms with van der Waals surface area (Å²) in [6.45, 7) is 6.32. The molecule has 0 spiro atoms. The number of pyridine rings is 1. The maximum absolute atomic E-state index is 4.90. The predicted molar refractivity (Wildman–Crippen MR) is 101 cm³/mol. The van der Waals surface area contributed by atoms with Crippen LogP contribution in [0.25, 0.3) is 0 Å². The molecule has 0 bridgehead atoms. The van der Waals surface area contributed by atoms with Crippen molar-refractivity contribution in [2.75, 3.05) is 0 Å². The predicted octanol–water partition coefficient (Wildman–Crippen LogP) is 5.22. The number of nitrogens with zero attached hydrogens (tertiary/aromatic N) is 2. The second-order valence-corrected chi connectivity index (χ2v) is 6.15. The summed E-state index contributed by atoms with van der Waals surface area (Å²) in [6.07, 6.45) is 3.75. The van der Waals surface area contributed by atoms with Gasteiger partial charge < -0.3 is 0 Å². The highest BCUT2D eigenvalue weighted by atomic mass is 14.8. The molecule has 0 unspecified atom stereocenters. The van der Waals surface area contributed by atoms with E-state index in [1.54, 1.807) is 0 Å². The zero-order valence-electron chi connectivity index (χ0n) is 14.4. The Morgan fingerprint density at radius 3 is 1.88 bits per heavy atom. The lowest BCUT2D eigenvalue weighted by Gasteiger charge is -2.18. The standard InChI is InChI=1S/C22H22N2/c1-16-12-13-19(23-14-16)15-24-22(20-10-6-4-8-17(20)2)21-11-7-5-9-18(21)3/h4-15,22H,1-3H3/b24-15+. The van der Waals surface area contributed by atoms with E-state index in [0.29, 0.717) is 0 Å². The van der Waals surface area contributed by atoms with Crippen molar-refractivity contribution in [2.45, 2.75) is 26.8 Å². The summed E-state index contributed by atoms with van der Waals surface area (Å²) in [7, 11) is 0.